The lowest BCUT2D eigenvalue weighted by Gasteiger charge is -2.26. The lowest BCUT2D eigenvalue weighted by molar-refractivity contribution is -0.139. The van der Waals surface area contributed by atoms with E-state index in [9.17, 15) is 14.7 Å². The summed E-state index contributed by atoms with van der Waals surface area (Å²) in [4.78, 5) is 29.9. The molecule has 1 amide bonds. The van der Waals surface area contributed by atoms with Crippen molar-refractivity contribution in [3.8, 4) is 17.2 Å². The maximum atomic E-state index is 13.2. The Kier molecular flexibility index (Phi) is 7.41. The highest BCUT2D eigenvalue weighted by molar-refractivity contribution is 6.46. The lowest BCUT2D eigenvalue weighted by atomic mass is 9.95. The summed E-state index contributed by atoms with van der Waals surface area (Å²) >= 11 is 0. The van der Waals surface area contributed by atoms with Gasteiger partial charge in [0.05, 0.1) is 11.6 Å². The van der Waals surface area contributed by atoms with E-state index < -0.39 is 17.7 Å². The van der Waals surface area contributed by atoms with E-state index in [0.29, 0.717) is 61.2 Å². The second-order valence-corrected chi connectivity index (χ2v) is 8.68. The Balaban J connectivity index is 1.78. The predicted molar refractivity (Wildman–Crippen MR) is 132 cm³/mol. The van der Waals surface area contributed by atoms with Gasteiger partial charge in [-0.1, -0.05) is 24.8 Å². The van der Waals surface area contributed by atoms with E-state index in [1.807, 2.05) is 25.1 Å². The first-order valence-electron chi connectivity index (χ1n) is 11.6. The van der Waals surface area contributed by atoms with E-state index in [0.717, 1.165) is 6.54 Å². The SMILES string of the molecule is C=CCOc1cccc(C2/C(=C(/O)c3ccc4c(c3)OCCO4)C(=O)C(=O)N2CCCN(C)C)c1. The van der Waals surface area contributed by atoms with Crippen molar-refractivity contribution in [2.45, 2.75) is 12.5 Å². The summed E-state index contributed by atoms with van der Waals surface area (Å²) in [6.07, 6.45) is 2.31. The maximum absolute atomic E-state index is 13.2. The Hall–Kier alpha value is -3.78. The molecule has 2 aromatic rings. The molecule has 0 aliphatic carbocycles. The van der Waals surface area contributed by atoms with Crippen molar-refractivity contribution in [3.63, 3.8) is 0 Å². The number of aliphatic hydroxyl groups is 1. The smallest absolute Gasteiger partial charge is 0.295 e. The molecular formula is C27H30N2O6. The number of hydrogen-bond acceptors (Lipinski definition) is 7. The number of carbonyl (C=O) groups excluding carboxylic acids is 2. The van der Waals surface area contributed by atoms with Crippen molar-refractivity contribution in [1.82, 2.24) is 9.80 Å². The zero-order valence-corrected chi connectivity index (χ0v) is 20.0. The van der Waals surface area contributed by atoms with Gasteiger partial charge in [-0.05, 0) is 63.0 Å². The first-order valence-corrected chi connectivity index (χ1v) is 11.6. The van der Waals surface area contributed by atoms with E-state index in [1.54, 1.807) is 42.5 Å². The summed E-state index contributed by atoms with van der Waals surface area (Å²) in [5, 5.41) is 11.3. The number of fused-ring (bicyclic) bond motifs is 1. The van der Waals surface area contributed by atoms with Crippen molar-refractivity contribution in [2.24, 2.45) is 0 Å². The number of amides is 1. The van der Waals surface area contributed by atoms with Crippen LogP contribution in [0, 0.1) is 0 Å². The second kappa shape index (κ2) is 10.7. The van der Waals surface area contributed by atoms with Crippen molar-refractivity contribution >= 4 is 17.4 Å². The third-order valence-corrected chi connectivity index (χ3v) is 5.90. The molecule has 35 heavy (non-hydrogen) atoms. The minimum absolute atomic E-state index is 0.0393. The molecule has 1 atom stereocenters. The average molecular weight is 479 g/mol. The Morgan fingerprint density at radius 1 is 1.17 bits per heavy atom. The van der Waals surface area contributed by atoms with Gasteiger partial charge >= 0.3 is 0 Å². The van der Waals surface area contributed by atoms with Crippen molar-refractivity contribution in [3.05, 3.63) is 71.8 Å². The van der Waals surface area contributed by atoms with Gasteiger partial charge in [-0.15, -0.1) is 0 Å². The number of benzene rings is 2. The summed E-state index contributed by atoms with van der Waals surface area (Å²) in [5.74, 6) is 0.0332. The van der Waals surface area contributed by atoms with Crippen molar-refractivity contribution in [2.75, 3.05) is 47.0 Å². The molecule has 184 valence electrons. The van der Waals surface area contributed by atoms with Gasteiger partial charge in [0.1, 0.15) is 31.3 Å². The molecule has 8 nitrogen and oxygen atoms in total. The van der Waals surface area contributed by atoms with Crippen LogP contribution in [0.2, 0.25) is 0 Å². The van der Waals surface area contributed by atoms with Crippen molar-refractivity contribution < 1.29 is 28.9 Å². The van der Waals surface area contributed by atoms with E-state index in [4.69, 9.17) is 14.2 Å². The van der Waals surface area contributed by atoms with Crippen LogP contribution in [0.1, 0.15) is 23.6 Å². The Morgan fingerprint density at radius 2 is 1.94 bits per heavy atom. The Morgan fingerprint density at radius 3 is 2.69 bits per heavy atom. The zero-order chi connectivity index (χ0) is 24.9. The number of nitrogens with zero attached hydrogens (tertiary/aromatic N) is 2. The number of likely N-dealkylation sites (tertiary alicyclic amines) is 1. The number of rotatable bonds is 9. The fourth-order valence-corrected chi connectivity index (χ4v) is 4.29. The fourth-order valence-electron chi connectivity index (χ4n) is 4.29. The normalized spacial score (nSPS) is 18.7. The van der Waals surface area contributed by atoms with Gasteiger partial charge in [-0.3, -0.25) is 9.59 Å². The maximum Gasteiger partial charge on any atom is 0.295 e. The molecule has 2 aliphatic heterocycles. The number of carbonyl (C=O) groups is 2. The molecule has 8 heteroatoms. The van der Waals surface area contributed by atoms with Crippen LogP contribution >= 0.6 is 0 Å². The first-order chi connectivity index (χ1) is 16.9. The van der Waals surface area contributed by atoms with E-state index in [-0.39, 0.29) is 11.3 Å². The van der Waals surface area contributed by atoms with E-state index >= 15 is 0 Å². The highest BCUT2D eigenvalue weighted by atomic mass is 16.6. The first kappa shape index (κ1) is 24.3. The summed E-state index contributed by atoms with van der Waals surface area (Å²) < 4.78 is 16.9. The molecule has 1 N–H and O–H groups in total. The van der Waals surface area contributed by atoms with Crippen LogP contribution in [0.4, 0.5) is 0 Å². The number of Topliss-reactive ketones (excluding diaryl/α,β-unsaturated/α-hetero) is 1. The molecule has 4 rings (SSSR count). The van der Waals surface area contributed by atoms with Gasteiger partial charge in [0.2, 0.25) is 0 Å². The van der Waals surface area contributed by atoms with Crippen LogP contribution in [0.15, 0.2) is 60.7 Å². The molecule has 0 aromatic heterocycles. The third-order valence-electron chi connectivity index (χ3n) is 5.90. The Bertz CT molecular complexity index is 1160. The van der Waals surface area contributed by atoms with Gasteiger partial charge in [-0.25, -0.2) is 0 Å². The minimum Gasteiger partial charge on any atom is -0.507 e. The summed E-state index contributed by atoms with van der Waals surface area (Å²) in [6.45, 7) is 5.95. The predicted octanol–water partition coefficient (Wildman–Crippen LogP) is 3.40. The molecule has 2 heterocycles. The number of aliphatic hydroxyl groups excluding tert-OH is 1. The third kappa shape index (κ3) is 5.17. The van der Waals surface area contributed by atoms with E-state index in [1.165, 1.54) is 4.90 Å². The van der Waals surface area contributed by atoms with Gasteiger partial charge in [0.25, 0.3) is 11.7 Å². The number of ether oxygens (including phenoxy) is 3. The Labute approximate surface area is 205 Å². The molecule has 1 unspecified atom stereocenters. The van der Waals surface area contributed by atoms with Crippen LogP contribution in [-0.2, 0) is 9.59 Å². The lowest BCUT2D eigenvalue weighted by Crippen LogP contribution is -2.32. The molecule has 1 fully saturated rings. The van der Waals surface area contributed by atoms with Crippen LogP contribution in [-0.4, -0.2) is 73.6 Å². The average Bonchev–Trinajstić information content (AvgIpc) is 3.11. The highest BCUT2D eigenvalue weighted by Gasteiger charge is 2.46. The van der Waals surface area contributed by atoms with Crippen LogP contribution < -0.4 is 14.2 Å². The fraction of sp³-hybridized carbons (Fsp3) is 0.333. The van der Waals surface area contributed by atoms with Crippen LogP contribution in [0.25, 0.3) is 5.76 Å². The van der Waals surface area contributed by atoms with Gasteiger partial charge < -0.3 is 29.1 Å². The summed E-state index contributed by atoms with van der Waals surface area (Å²) in [5.41, 5.74) is 1.09. The largest absolute Gasteiger partial charge is 0.507 e. The number of ketones is 1. The molecule has 0 spiro atoms. The summed E-state index contributed by atoms with van der Waals surface area (Å²) in [7, 11) is 3.90. The second-order valence-electron chi connectivity index (χ2n) is 8.68. The molecular weight excluding hydrogens is 448 g/mol. The van der Waals surface area contributed by atoms with Crippen LogP contribution in [0.5, 0.6) is 17.2 Å². The highest BCUT2D eigenvalue weighted by Crippen LogP contribution is 2.41. The molecule has 0 radical (unpaired) electrons. The molecule has 0 bridgehead atoms. The molecule has 2 aliphatic rings. The molecule has 2 aromatic carbocycles. The standard InChI is InChI=1S/C27H30N2O6/c1-4-13-33-20-8-5-7-18(16-20)24-23(26(31)27(32)29(24)12-6-11-28(2)3)25(30)19-9-10-21-22(17-19)35-15-14-34-21/h4-5,7-10,16-17,24,30H,1,6,11-15H2,2-3H3/b25-23-. The van der Waals surface area contributed by atoms with Crippen LogP contribution in [0.3, 0.4) is 0 Å². The van der Waals surface area contributed by atoms with Gasteiger partial charge in [0.15, 0.2) is 11.5 Å². The van der Waals surface area contributed by atoms with E-state index in [2.05, 4.69) is 6.58 Å². The van der Waals surface area contributed by atoms with Gasteiger partial charge in [0, 0.05) is 12.1 Å². The topological polar surface area (TPSA) is 88.5 Å². The molecule has 0 saturated carbocycles. The van der Waals surface area contributed by atoms with Gasteiger partial charge in [-0.2, -0.15) is 0 Å². The number of hydrogen-bond donors (Lipinski definition) is 1. The monoisotopic (exact) mass is 478 g/mol. The van der Waals surface area contributed by atoms with Crippen molar-refractivity contribution in [1.29, 1.82) is 0 Å². The summed E-state index contributed by atoms with van der Waals surface area (Å²) in [6, 6.07) is 11.4. The minimum atomic E-state index is -0.752. The quantitative estimate of drug-likeness (QED) is 0.256. The zero-order valence-electron chi connectivity index (χ0n) is 20.0. The molecule has 1 saturated heterocycles.